The van der Waals surface area contributed by atoms with Crippen molar-refractivity contribution in [2.75, 3.05) is 0 Å². The topological polar surface area (TPSA) is 59.3 Å². The Morgan fingerprint density at radius 3 is 2.69 bits per heavy atom. The van der Waals surface area contributed by atoms with E-state index in [0.29, 0.717) is 17.7 Å². The molecule has 1 N–H and O–H groups in total. The molecule has 29 heavy (non-hydrogen) atoms. The van der Waals surface area contributed by atoms with Crippen LogP contribution >= 0.6 is 0 Å². The van der Waals surface area contributed by atoms with Crippen LogP contribution in [0.25, 0.3) is 5.69 Å². The lowest BCUT2D eigenvalue weighted by molar-refractivity contribution is -0.137. The minimum Gasteiger partial charge on any atom is -0.318 e. The van der Waals surface area contributed by atoms with Crippen LogP contribution in [-0.4, -0.2) is 21.7 Å². The first-order chi connectivity index (χ1) is 13.8. The number of halogens is 3. The van der Waals surface area contributed by atoms with E-state index in [1.54, 1.807) is 35.2 Å². The summed E-state index contributed by atoms with van der Waals surface area (Å²) in [5, 5.41) is 3.93. The minimum absolute atomic E-state index is 0.371. The van der Waals surface area contributed by atoms with Crippen molar-refractivity contribution in [3.8, 4) is 5.69 Å². The van der Waals surface area contributed by atoms with E-state index in [-0.39, 0.29) is 5.91 Å². The van der Waals surface area contributed by atoms with Gasteiger partial charge in [0.05, 0.1) is 11.1 Å². The van der Waals surface area contributed by atoms with Gasteiger partial charge in [0.2, 0.25) is 0 Å². The summed E-state index contributed by atoms with van der Waals surface area (Å²) in [5.74, 6) is -0.371. The molecule has 8 heteroatoms. The van der Waals surface area contributed by atoms with Crippen molar-refractivity contribution in [3.63, 3.8) is 0 Å². The fourth-order valence-electron chi connectivity index (χ4n) is 3.06. The summed E-state index contributed by atoms with van der Waals surface area (Å²) in [6.45, 7) is 3.67. The lowest BCUT2D eigenvalue weighted by Crippen LogP contribution is -2.17. The number of alkyl halides is 3. The second kappa shape index (κ2) is 8.30. The number of amides is 1. The Morgan fingerprint density at radius 1 is 1.21 bits per heavy atom. The summed E-state index contributed by atoms with van der Waals surface area (Å²) >= 11 is 0. The van der Waals surface area contributed by atoms with Crippen LogP contribution in [-0.2, 0) is 12.6 Å². The fraction of sp³-hybridized carbons (Fsp3) is 0.190. The zero-order valence-electron chi connectivity index (χ0n) is 15.9. The third-order valence-electron chi connectivity index (χ3n) is 4.46. The number of aryl methyl sites for hydroxylation is 1. The van der Waals surface area contributed by atoms with Gasteiger partial charge >= 0.3 is 6.18 Å². The number of nitrogens with one attached hydrogen (secondary N) is 1. The van der Waals surface area contributed by atoms with Gasteiger partial charge in [0.15, 0.2) is 0 Å². The van der Waals surface area contributed by atoms with E-state index in [1.165, 1.54) is 12.3 Å². The SMILES string of the molecule is Cc1cc(CC=NNC(=O)c2cccnc2)c(C)n1-c1cccc(C(F)(F)F)c1. The second-order valence-electron chi connectivity index (χ2n) is 6.48. The van der Waals surface area contributed by atoms with E-state index in [4.69, 9.17) is 0 Å². The molecule has 2 heterocycles. The molecule has 0 atom stereocenters. The predicted octanol–water partition coefficient (Wildman–Crippen LogP) is 4.47. The molecule has 5 nitrogen and oxygen atoms in total. The highest BCUT2D eigenvalue weighted by Crippen LogP contribution is 2.31. The van der Waals surface area contributed by atoms with Crippen molar-refractivity contribution in [1.29, 1.82) is 0 Å². The van der Waals surface area contributed by atoms with Gasteiger partial charge in [0.25, 0.3) is 5.91 Å². The molecular formula is C21H19F3N4O. The predicted molar refractivity (Wildman–Crippen MR) is 104 cm³/mol. The second-order valence-corrected chi connectivity index (χ2v) is 6.48. The number of benzene rings is 1. The molecule has 3 rings (SSSR count). The molecule has 1 aromatic carbocycles. The molecule has 0 bridgehead atoms. The van der Waals surface area contributed by atoms with Gasteiger partial charge in [-0.2, -0.15) is 18.3 Å². The number of rotatable bonds is 5. The molecule has 2 aromatic heterocycles. The Kier molecular flexibility index (Phi) is 5.81. The molecule has 0 spiro atoms. The number of carbonyl (C=O) groups is 1. The molecular weight excluding hydrogens is 381 g/mol. The van der Waals surface area contributed by atoms with Gasteiger partial charge in [-0.15, -0.1) is 0 Å². The van der Waals surface area contributed by atoms with E-state index in [1.807, 2.05) is 19.9 Å². The van der Waals surface area contributed by atoms with Crippen molar-refractivity contribution >= 4 is 12.1 Å². The number of nitrogens with zero attached hydrogens (tertiary/aromatic N) is 3. The van der Waals surface area contributed by atoms with E-state index in [2.05, 4.69) is 15.5 Å². The first kappa shape index (κ1) is 20.3. The summed E-state index contributed by atoms with van der Waals surface area (Å²) < 4.78 is 40.8. The van der Waals surface area contributed by atoms with Crippen LogP contribution in [0.1, 0.15) is 32.9 Å². The van der Waals surface area contributed by atoms with Crippen molar-refractivity contribution < 1.29 is 18.0 Å². The number of hydrogen-bond acceptors (Lipinski definition) is 3. The average Bonchev–Trinajstić information content (AvgIpc) is 2.98. The van der Waals surface area contributed by atoms with Gasteiger partial charge in [0.1, 0.15) is 0 Å². The van der Waals surface area contributed by atoms with E-state index >= 15 is 0 Å². The lowest BCUT2D eigenvalue weighted by atomic mass is 10.1. The normalized spacial score (nSPS) is 11.8. The highest BCUT2D eigenvalue weighted by atomic mass is 19.4. The van der Waals surface area contributed by atoms with E-state index in [9.17, 15) is 18.0 Å². The molecule has 0 fully saturated rings. The largest absolute Gasteiger partial charge is 0.416 e. The molecule has 0 unspecified atom stereocenters. The quantitative estimate of drug-likeness (QED) is 0.508. The van der Waals surface area contributed by atoms with E-state index in [0.717, 1.165) is 29.1 Å². The van der Waals surface area contributed by atoms with Crippen LogP contribution in [0.3, 0.4) is 0 Å². The fourth-order valence-corrected chi connectivity index (χ4v) is 3.06. The molecule has 0 radical (unpaired) electrons. The van der Waals surface area contributed by atoms with Crippen molar-refractivity contribution in [2.24, 2.45) is 5.10 Å². The van der Waals surface area contributed by atoms with Crippen LogP contribution in [0.4, 0.5) is 13.2 Å². The van der Waals surface area contributed by atoms with Crippen molar-refractivity contribution in [1.82, 2.24) is 15.0 Å². The average molecular weight is 400 g/mol. The third kappa shape index (κ3) is 4.71. The molecule has 0 saturated carbocycles. The molecule has 1 amide bonds. The molecule has 0 aliphatic carbocycles. The van der Waals surface area contributed by atoms with Gasteiger partial charge < -0.3 is 4.57 Å². The smallest absolute Gasteiger partial charge is 0.318 e. The van der Waals surface area contributed by atoms with Crippen LogP contribution in [0.5, 0.6) is 0 Å². The van der Waals surface area contributed by atoms with E-state index < -0.39 is 11.7 Å². The molecule has 0 aliphatic rings. The lowest BCUT2D eigenvalue weighted by Gasteiger charge is -2.13. The molecule has 3 aromatic rings. The van der Waals surface area contributed by atoms with Crippen LogP contribution < -0.4 is 5.43 Å². The number of aromatic nitrogens is 2. The zero-order chi connectivity index (χ0) is 21.0. The number of carbonyl (C=O) groups excluding carboxylic acids is 1. The van der Waals surface area contributed by atoms with Crippen LogP contribution in [0.15, 0.2) is 60.0 Å². The van der Waals surface area contributed by atoms with Crippen LogP contribution in [0.2, 0.25) is 0 Å². The first-order valence-corrected chi connectivity index (χ1v) is 8.84. The first-order valence-electron chi connectivity index (χ1n) is 8.84. The number of pyridine rings is 1. The maximum absolute atomic E-state index is 13.0. The monoisotopic (exact) mass is 400 g/mol. The Morgan fingerprint density at radius 2 is 2.00 bits per heavy atom. The minimum atomic E-state index is -4.40. The highest BCUT2D eigenvalue weighted by molar-refractivity contribution is 5.93. The molecule has 0 aliphatic heterocycles. The van der Waals surface area contributed by atoms with Crippen molar-refractivity contribution in [3.05, 3.63) is 82.9 Å². The highest BCUT2D eigenvalue weighted by Gasteiger charge is 2.30. The number of hydrogen-bond donors (Lipinski definition) is 1. The summed E-state index contributed by atoms with van der Waals surface area (Å²) in [4.78, 5) is 15.8. The maximum atomic E-state index is 13.0. The van der Waals surface area contributed by atoms with Gasteiger partial charge in [0, 0.05) is 42.1 Å². The number of hydrazone groups is 1. The summed E-state index contributed by atoms with van der Waals surface area (Å²) in [5.41, 5.74) is 5.10. The molecule has 0 saturated heterocycles. The van der Waals surface area contributed by atoms with Gasteiger partial charge in [-0.05, 0) is 55.8 Å². The third-order valence-corrected chi connectivity index (χ3v) is 4.46. The summed E-state index contributed by atoms with van der Waals surface area (Å²) in [6, 6.07) is 10.4. The summed E-state index contributed by atoms with van der Waals surface area (Å²) in [7, 11) is 0. The maximum Gasteiger partial charge on any atom is 0.416 e. The Balaban J connectivity index is 1.74. The van der Waals surface area contributed by atoms with Gasteiger partial charge in [-0.1, -0.05) is 6.07 Å². The Hall–Kier alpha value is -3.42. The Labute approximate surface area is 165 Å². The van der Waals surface area contributed by atoms with Gasteiger partial charge in [-0.3, -0.25) is 9.78 Å². The zero-order valence-corrected chi connectivity index (χ0v) is 15.9. The Bertz CT molecular complexity index is 1040. The van der Waals surface area contributed by atoms with Crippen molar-refractivity contribution in [2.45, 2.75) is 26.4 Å². The standard InChI is InChI=1S/C21H19F3N4O/c1-14-11-16(8-10-26-27-20(29)17-5-4-9-25-13-17)15(2)28(14)19-7-3-6-18(12-19)21(22,23)24/h3-7,9-13H,8H2,1-2H3,(H,27,29). The summed E-state index contributed by atoms with van der Waals surface area (Å²) in [6.07, 6.45) is 0.583. The van der Waals surface area contributed by atoms with Crippen LogP contribution in [0, 0.1) is 13.8 Å². The molecule has 150 valence electrons. The van der Waals surface area contributed by atoms with Gasteiger partial charge in [-0.25, -0.2) is 5.43 Å².